The van der Waals surface area contributed by atoms with Gasteiger partial charge in [-0.1, -0.05) is 15.9 Å². The number of H-pyrrole nitrogens is 1. The summed E-state index contributed by atoms with van der Waals surface area (Å²) in [7, 11) is 5.89. The number of methoxy groups -OCH3 is 1. The van der Waals surface area contributed by atoms with Gasteiger partial charge in [-0.2, -0.15) is 0 Å². The molecular formula is C13H17BrClN3O. The van der Waals surface area contributed by atoms with Crippen LogP contribution in [0.15, 0.2) is 28.9 Å². The number of nitrogens with one attached hydrogen (secondary N) is 2. The zero-order valence-electron chi connectivity index (χ0n) is 11.1. The minimum atomic E-state index is 0. The van der Waals surface area contributed by atoms with Crippen molar-refractivity contribution >= 4 is 15.9 Å². The molecule has 0 aliphatic rings. The quantitative estimate of drug-likeness (QED) is 0.707. The van der Waals surface area contributed by atoms with E-state index in [9.17, 15) is 0 Å². The molecule has 2 N–H and O–H groups in total. The predicted octanol–water partition coefficient (Wildman–Crippen LogP) is -1.50. The van der Waals surface area contributed by atoms with Crippen LogP contribution in [0.4, 0.5) is 0 Å². The van der Waals surface area contributed by atoms with Crippen LogP contribution in [0.2, 0.25) is 0 Å². The maximum atomic E-state index is 5.36. The lowest BCUT2D eigenvalue weighted by Gasteiger charge is -2.07. The first-order valence-electron chi connectivity index (χ1n) is 5.77. The Morgan fingerprint density at radius 1 is 1.37 bits per heavy atom. The molecular weight excluding hydrogens is 330 g/mol. The summed E-state index contributed by atoms with van der Waals surface area (Å²) in [6, 6.07) is 5.89. The van der Waals surface area contributed by atoms with E-state index < -0.39 is 0 Å². The highest BCUT2D eigenvalue weighted by atomic mass is 79.9. The first-order valence-corrected chi connectivity index (χ1v) is 6.56. The monoisotopic (exact) mass is 345 g/mol. The Labute approximate surface area is 127 Å². The lowest BCUT2D eigenvalue weighted by atomic mass is 10.2. The molecule has 0 saturated heterocycles. The van der Waals surface area contributed by atoms with Crippen LogP contribution in [0.5, 0.6) is 5.75 Å². The van der Waals surface area contributed by atoms with E-state index in [4.69, 9.17) is 4.74 Å². The normalized spacial score (nSPS) is 10.4. The van der Waals surface area contributed by atoms with Gasteiger partial charge in [0.15, 0.2) is 0 Å². The molecule has 0 bridgehead atoms. The van der Waals surface area contributed by atoms with E-state index in [1.807, 2.05) is 24.4 Å². The van der Waals surface area contributed by atoms with E-state index in [0.29, 0.717) is 0 Å². The number of aromatic amines is 1. The number of hydrogen-bond acceptors (Lipinski definition) is 2. The van der Waals surface area contributed by atoms with E-state index >= 15 is 0 Å². The van der Waals surface area contributed by atoms with Gasteiger partial charge in [-0.25, -0.2) is 4.98 Å². The Hall–Kier alpha value is -1.04. The standard InChI is InChI=1S/C13H16BrN3O.ClH/c1-17(2)8-10-7-15-13(16-10)11-6-9(14)4-5-12(11)18-3;/h4-7H,8H2,1-3H3,(H,15,16);1H. The summed E-state index contributed by atoms with van der Waals surface area (Å²) in [5.41, 5.74) is 2.08. The molecule has 1 heterocycles. The van der Waals surface area contributed by atoms with Crippen molar-refractivity contribution in [2.45, 2.75) is 6.54 Å². The summed E-state index contributed by atoms with van der Waals surface area (Å²) in [5.74, 6) is 1.65. The SMILES string of the molecule is COc1ccc(Br)cc1-c1ncc(C[NH+](C)C)[nH]1.[Cl-]. The van der Waals surface area contributed by atoms with Crippen LogP contribution in [0.25, 0.3) is 11.4 Å². The summed E-state index contributed by atoms with van der Waals surface area (Å²) in [5, 5.41) is 0. The van der Waals surface area contributed by atoms with Crippen LogP contribution in [-0.2, 0) is 6.54 Å². The summed E-state index contributed by atoms with van der Waals surface area (Å²) < 4.78 is 6.37. The molecule has 0 amide bonds. The molecule has 19 heavy (non-hydrogen) atoms. The van der Waals surface area contributed by atoms with E-state index in [0.717, 1.165) is 33.8 Å². The molecule has 0 unspecified atom stereocenters. The predicted molar refractivity (Wildman–Crippen MR) is 74.8 cm³/mol. The van der Waals surface area contributed by atoms with E-state index in [1.165, 1.54) is 4.90 Å². The number of aromatic nitrogens is 2. The third-order valence-corrected chi connectivity index (χ3v) is 3.08. The molecule has 0 spiro atoms. The number of halogens is 2. The van der Waals surface area contributed by atoms with Crippen molar-refractivity contribution in [3.05, 3.63) is 34.6 Å². The molecule has 0 aliphatic carbocycles. The molecule has 0 saturated carbocycles. The molecule has 0 fully saturated rings. The van der Waals surface area contributed by atoms with Crippen molar-refractivity contribution in [2.75, 3.05) is 21.2 Å². The van der Waals surface area contributed by atoms with Crippen LogP contribution < -0.4 is 22.0 Å². The fraction of sp³-hybridized carbons (Fsp3) is 0.308. The van der Waals surface area contributed by atoms with Crippen molar-refractivity contribution in [1.29, 1.82) is 0 Å². The van der Waals surface area contributed by atoms with Crippen molar-refractivity contribution in [3.8, 4) is 17.1 Å². The lowest BCUT2D eigenvalue weighted by molar-refractivity contribution is -0.873. The van der Waals surface area contributed by atoms with Gasteiger partial charge in [0.05, 0.1) is 38.7 Å². The van der Waals surface area contributed by atoms with Crippen LogP contribution in [0.3, 0.4) is 0 Å². The van der Waals surface area contributed by atoms with Gasteiger partial charge in [-0.05, 0) is 18.2 Å². The molecule has 4 nitrogen and oxygen atoms in total. The second kappa shape index (κ2) is 6.93. The maximum absolute atomic E-state index is 5.36. The van der Waals surface area contributed by atoms with Crippen molar-refractivity contribution in [1.82, 2.24) is 9.97 Å². The van der Waals surface area contributed by atoms with Crippen LogP contribution in [0, 0.1) is 0 Å². The van der Waals surface area contributed by atoms with Crippen molar-refractivity contribution < 1.29 is 22.0 Å². The Morgan fingerprint density at radius 3 is 2.74 bits per heavy atom. The first kappa shape index (κ1) is 16.0. The van der Waals surface area contributed by atoms with Gasteiger partial charge in [0.1, 0.15) is 18.1 Å². The molecule has 104 valence electrons. The number of quaternary nitrogens is 1. The molecule has 0 aliphatic heterocycles. The van der Waals surface area contributed by atoms with Gasteiger partial charge in [0.25, 0.3) is 0 Å². The van der Waals surface area contributed by atoms with Crippen molar-refractivity contribution in [2.24, 2.45) is 0 Å². The summed E-state index contributed by atoms with van der Waals surface area (Å²) in [6.07, 6.45) is 1.88. The highest BCUT2D eigenvalue weighted by Crippen LogP contribution is 2.30. The highest BCUT2D eigenvalue weighted by Gasteiger charge is 2.11. The number of benzene rings is 1. The third-order valence-electron chi connectivity index (χ3n) is 2.59. The van der Waals surface area contributed by atoms with E-state index in [2.05, 4.69) is 40.0 Å². The number of nitrogens with zero attached hydrogens (tertiary/aromatic N) is 1. The number of hydrogen-bond donors (Lipinski definition) is 2. The van der Waals surface area contributed by atoms with E-state index in [-0.39, 0.29) is 12.4 Å². The zero-order chi connectivity index (χ0) is 13.1. The third kappa shape index (κ3) is 3.96. The lowest BCUT2D eigenvalue weighted by Crippen LogP contribution is -3.04. The summed E-state index contributed by atoms with van der Waals surface area (Å²) >= 11 is 3.47. The fourth-order valence-electron chi connectivity index (χ4n) is 1.83. The maximum Gasteiger partial charge on any atom is 0.141 e. The highest BCUT2D eigenvalue weighted by molar-refractivity contribution is 9.10. The smallest absolute Gasteiger partial charge is 0.141 e. The van der Waals surface area contributed by atoms with Gasteiger partial charge >= 0.3 is 0 Å². The van der Waals surface area contributed by atoms with Gasteiger partial charge in [0.2, 0.25) is 0 Å². The molecule has 1 aromatic heterocycles. The summed E-state index contributed by atoms with van der Waals surface area (Å²) in [4.78, 5) is 9.10. The van der Waals surface area contributed by atoms with Crippen LogP contribution in [0.1, 0.15) is 5.69 Å². The molecule has 1 aromatic carbocycles. The average molecular weight is 347 g/mol. The van der Waals surface area contributed by atoms with Gasteiger partial charge in [0, 0.05) is 4.47 Å². The number of imidazole rings is 1. The van der Waals surface area contributed by atoms with Gasteiger partial charge in [-0.15, -0.1) is 0 Å². The Bertz CT molecular complexity index is 542. The molecule has 6 heteroatoms. The summed E-state index contributed by atoms with van der Waals surface area (Å²) in [6.45, 7) is 0.920. The second-order valence-electron chi connectivity index (χ2n) is 4.49. The minimum Gasteiger partial charge on any atom is -1.00 e. The first-order chi connectivity index (χ1) is 8.60. The average Bonchev–Trinajstić information content (AvgIpc) is 2.76. The fourth-order valence-corrected chi connectivity index (χ4v) is 2.19. The van der Waals surface area contributed by atoms with Gasteiger partial charge in [-0.3, -0.25) is 0 Å². The Balaban J connectivity index is 0.00000180. The number of rotatable bonds is 4. The van der Waals surface area contributed by atoms with Gasteiger partial charge < -0.3 is 27.0 Å². The largest absolute Gasteiger partial charge is 1.00 e. The second-order valence-corrected chi connectivity index (χ2v) is 5.40. The minimum absolute atomic E-state index is 0. The Morgan fingerprint density at radius 2 is 2.11 bits per heavy atom. The van der Waals surface area contributed by atoms with Crippen LogP contribution in [-0.4, -0.2) is 31.2 Å². The molecule has 2 rings (SSSR count). The Kier molecular flexibility index (Phi) is 5.85. The van der Waals surface area contributed by atoms with Crippen LogP contribution >= 0.6 is 15.9 Å². The molecule has 2 aromatic rings. The zero-order valence-corrected chi connectivity index (χ0v) is 13.5. The van der Waals surface area contributed by atoms with Crippen molar-refractivity contribution in [3.63, 3.8) is 0 Å². The van der Waals surface area contributed by atoms with E-state index in [1.54, 1.807) is 7.11 Å². The molecule has 0 radical (unpaired) electrons. The topological polar surface area (TPSA) is 42.4 Å². The molecule has 0 atom stereocenters. The number of ether oxygens (including phenoxy) is 1.